The molecule has 6 nitrogen and oxygen atoms in total. The lowest BCUT2D eigenvalue weighted by Crippen LogP contribution is -2.45. The van der Waals surface area contributed by atoms with Crippen LogP contribution in [0.5, 0.6) is 0 Å². The van der Waals surface area contributed by atoms with E-state index in [1.807, 2.05) is 14.1 Å². The smallest absolute Gasteiger partial charge is 0.320 e. The van der Waals surface area contributed by atoms with E-state index in [-0.39, 0.29) is 12.6 Å². The Kier molecular flexibility index (Phi) is 17.7. The minimum atomic E-state index is -1.00. The Morgan fingerprint density at radius 3 is 1.56 bits per heavy atom. The predicted molar refractivity (Wildman–Crippen MR) is 109 cm³/mol. The highest BCUT2D eigenvalue weighted by Gasteiger charge is 2.18. The maximum Gasteiger partial charge on any atom is 0.320 e. The van der Waals surface area contributed by atoms with E-state index < -0.39 is 11.9 Å². The van der Waals surface area contributed by atoms with Crippen LogP contribution in [0.2, 0.25) is 0 Å². The molecule has 0 aromatic rings. The van der Waals surface area contributed by atoms with Crippen LogP contribution in [0, 0.1) is 0 Å². The highest BCUT2D eigenvalue weighted by molar-refractivity contribution is 5.73. The van der Waals surface area contributed by atoms with E-state index >= 15 is 0 Å². The number of hydrogen-bond donors (Lipinski definition) is 1. The van der Waals surface area contributed by atoms with Gasteiger partial charge in [0, 0.05) is 0 Å². The van der Waals surface area contributed by atoms with Gasteiger partial charge in [0.25, 0.3) is 0 Å². The normalized spacial score (nSPS) is 12.4. The van der Waals surface area contributed by atoms with Crippen LogP contribution in [-0.2, 0) is 9.59 Å². The first kappa shape index (κ1) is 28.1. The number of rotatable bonds is 15. The molecule has 0 heterocycles. The molecule has 0 spiro atoms. The quantitative estimate of drug-likeness (QED) is 0.345. The maximum atomic E-state index is 11.0. The summed E-state index contributed by atoms with van der Waals surface area (Å²) in [6.07, 6.45) is 13.7. The molecule has 0 saturated carbocycles. The number of quaternary nitrogens is 1. The van der Waals surface area contributed by atoms with Gasteiger partial charge in [0.05, 0.1) is 27.1 Å². The number of carbonyl (C=O) groups excluding carboxylic acids is 1. The third-order valence-corrected chi connectivity index (χ3v) is 4.34. The zero-order valence-corrected chi connectivity index (χ0v) is 18.6. The molecule has 1 N–H and O–H groups in total. The van der Waals surface area contributed by atoms with Crippen LogP contribution in [0.15, 0.2) is 0 Å². The zero-order chi connectivity index (χ0) is 21.3. The molecule has 0 amide bonds. The molecule has 0 fully saturated rings. The molecule has 6 heteroatoms. The molecule has 162 valence electrons. The number of hydrogen-bond acceptors (Lipinski definition) is 4. The van der Waals surface area contributed by atoms with Crippen LogP contribution in [-0.4, -0.2) is 74.3 Å². The second kappa shape index (κ2) is 17.0. The molecule has 0 radical (unpaired) electrons. The number of nitrogens with zero attached hydrogens (tertiary/aromatic N) is 2. The van der Waals surface area contributed by atoms with E-state index in [9.17, 15) is 14.7 Å². The van der Waals surface area contributed by atoms with Gasteiger partial charge >= 0.3 is 5.97 Å². The van der Waals surface area contributed by atoms with E-state index in [1.165, 1.54) is 57.8 Å². The van der Waals surface area contributed by atoms with Crippen molar-refractivity contribution in [3.63, 3.8) is 0 Å². The van der Waals surface area contributed by atoms with Crippen molar-refractivity contribution in [3.05, 3.63) is 0 Å². The first-order valence-corrected chi connectivity index (χ1v) is 10.4. The molecule has 0 aliphatic rings. The Bertz CT molecular complexity index is 379. The van der Waals surface area contributed by atoms with Crippen LogP contribution in [0.1, 0.15) is 77.6 Å². The Balaban J connectivity index is 0. The summed E-state index contributed by atoms with van der Waals surface area (Å²) in [6.45, 7) is 2.32. The Labute approximate surface area is 167 Å². The molecule has 0 aromatic carbocycles. The summed E-state index contributed by atoms with van der Waals surface area (Å²) in [5.74, 6) is -1.70. The Morgan fingerprint density at radius 1 is 0.889 bits per heavy atom. The Hall–Kier alpha value is -1.14. The van der Waals surface area contributed by atoms with Crippen molar-refractivity contribution in [2.75, 3.05) is 41.8 Å². The van der Waals surface area contributed by atoms with E-state index in [1.54, 1.807) is 26.0 Å². The number of likely N-dealkylation sites (N-methyl/N-ethyl adjacent to an activating group) is 2. The molecule has 0 aliphatic heterocycles. The molecule has 0 aliphatic carbocycles. The third-order valence-electron chi connectivity index (χ3n) is 4.34. The second-order valence-corrected chi connectivity index (χ2v) is 8.61. The van der Waals surface area contributed by atoms with E-state index in [0.717, 1.165) is 12.8 Å². The summed E-state index contributed by atoms with van der Waals surface area (Å²) in [5.41, 5.74) is 0. The van der Waals surface area contributed by atoms with Gasteiger partial charge < -0.3 is 19.5 Å². The van der Waals surface area contributed by atoms with Gasteiger partial charge in [0.15, 0.2) is 0 Å². The minimum absolute atomic E-state index is 0.0694. The lowest BCUT2D eigenvalue weighted by atomic mass is 10.0. The van der Waals surface area contributed by atoms with Crippen molar-refractivity contribution >= 4 is 11.9 Å². The summed E-state index contributed by atoms with van der Waals surface area (Å²) in [5, 5.41) is 18.9. The van der Waals surface area contributed by atoms with Gasteiger partial charge in [-0.3, -0.25) is 9.69 Å². The van der Waals surface area contributed by atoms with Crippen molar-refractivity contribution in [2.24, 2.45) is 0 Å². The monoisotopic (exact) mass is 388 g/mol. The molecule has 0 saturated heterocycles. The van der Waals surface area contributed by atoms with E-state index in [2.05, 4.69) is 6.92 Å². The number of carbonyl (C=O) groups is 2. The average Bonchev–Trinajstić information content (AvgIpc) is 2.50. The minimum Gasteiger partial charge on any atom is -0.544 e. The summed E-state index contributed by atoms with van der Waals surface area (Å²) >= 11 is 0. The summed E-state index contributed by atoms with van der Waals surface area (Å²) in [7, 11) is 9.09. The highest BCUT2D eigenvalue weighted by Crippen LogP contribution is 2.13. The standard InChI is InChI=1S/C16H33NO2.C5H11NO2/c1-4-5-6-7-8-9-10-11-12-13-14-15(16(18)19)17(2)3;1-6(2,3)4-5(7)8/h15H,4-14H2,1-3H3,(H,18,19);4H2,1-3H3. The van der Waals surface area contributed by atoms with Crippen molar-refractivity contribution < 1.29 is 24.3 Å². The van der Waals surface area contributed by atoms with Crippen molar-refractivity contribution in [1.29, 1.82) is 0 Å². The molecule has 1 atom stereocenters. The number of carboxylic acids is 2. The SMILES string of the molecule is CCCCCCCCCCCCC(C(=O)O)N(C)C.C[N+](C)(C)CC(=O)[O-]. The average molecular weight is 389 g/mol. The third kappa shape index (κ3) is 22.8. The Morgan fingerprint density at radius 2 is 1.30 bits per heavy atom. The fraction of sp³-hybridized carbons (Fsp3) is 0.905. The molecular weight excluding hydrogens is 344 g/mol. The molecule has 0 bridgehead atoms. The van der Waals surface area contributed by atoms with Crippen molar-refractivity contribution in [2.45, 2.75) is 83.6 Å². The first-order chi connectivity index (χ1) is 12.5. The van der Waals surface area contributed by atoms with E-state index in [4.69, 9.17) is 5.11 Å². The number of aliphatic carboxylic acids is 2. The van der Waals surface area contributed by atoms with Crippen LogP contribution in [0.4, 0.5) is 0 Å². The van der Waals surface area contributed by atoms with Gasteiger partial charge in [0.2, 0.25) is 0 Å². The molecule has 0 aromatic heterocycles. The van der Waals surface area contributed by atoms with Crippen molar-refractivity contribution in [1.82, 2.24) is 4.90 Å². The molecule has 1 unspecified atom stereocenters. The van der Waals surface area contributed by atoms with Crippen LogP contribution in [0.25, 0.3) is 0 Å². The lowest BCUT2D eigenvalue weighted by Gasteiger charge is -2.23. The van der Waals surface area contributed by atoms with Crippen LogP contribution in [0.3, 0.4) is 0 Å². The van der Waals surface area contributed by atoms with Gasteiger partial charge in [-0.15, -0.1) is 0 Å². The fourth-order valence-corrected chi connectivity index (χ4v) is 2.81. The van der Waals surface area contributed by atoms with Gasteiger partial charge in [-0.1, -0.05) is 71.1 Å². The molecule has 0 rings (SSSR count). The van der Waals surface area contributed by atoms with Gasteiger partial charge in [0.1, 0.15) is 12.6 Å². The predicted octanol–water partition coefficient (Wildman–Crippen LogP) is 2.75. The van der Waals surface area contributed by atoms with Crippen LogP contribution >= 0.6 is 0 Å². The number of carboxylic acid groups (broad SMARTS) is 2. The van der Waals surface area contributed by atoms with Crippen molar-refractivity contribution in [3.8, 4) is 0 Å². The molecule has 27 heavy (non-hydrogen) atoms. The largest absolute Gasteiger partial charge is 0.544 e. The summed E-state index contributed by atoms with van der Waals surface area (Å²) in [4.78, 5) is 22.7. The van der Waals surface area contributed by atoms with Gasteiger partial charge in [-0.2, -0.15) is 0 Å². The topological polar surface area (TPSA) is 80.7 Å². The number of unbranched alkanes of at least 4 members (excludes halogenated alkanes) is 9. The molecular formula is C21H44N2O4. The lowest BCUT2D eigenvalue weighted by molar-refractivity contribution is -0.864. The first-order valence-electron chi connectivity index (χ1n) is 10.4. The van der Waals surface area contributed by atoms with E-state index in [0.29, 0.717) is 4.48 Å². The summed E-state index contributed by atoms with van der Waals surface area (Å²) in [6, 6.07) is -0.311. The fourth-order valence-electron chi connectivity index (χ4n) is 2.81. The second-order valence-electron chi connectivity index (χ2n) is 8.61. The van der Waals surface area contributed by atoms with Gasteiger partial charge in [-0.05, 0) is 20.5 Å². The zero-order valence-electron chi connectivity index (χ0n) is 18.6. The highest BCUT2D eigenvalue weighted by atomic mass is 16.4. The van der Waals surface area contributed by atoms with Gasteiger partial charge in [-0.25, -0.2) is 0 Å². The summed E-state index contributed by atoms with van der Waals surface area (Å²) < 4.78 is 0.419. The van der Waals surface area contributed by atoms with Crippen LogP contribution < -0.4 is 5.11 Å². The maximum absolute atomic E-state index is 11.0.